The van der Waals surface area contributed by atoms with Crippen LogP contribution in [0.3, 0.4) is 0 Å². The standard InChI is InChI=1S/C16H22N2O3/c1-2-20-14-11-16(21-12-14)5-9-18(10-6-16)15(19)13-3-7-17-8-4-13/h3-4,7-8,14H,2,5-6,9-12H2,1H3/t14-/m0/s1. The van der Waals surface area contributed by atoms with Crippen molar-refractivity contribution >= 4 is 5.91 Å². The number of hydrogen-bond acceptors (Lipinski definition) is 4. The summed E-state index contributed by atoms with van der Waals surface area (Å²) in [6.07, 6.45) is 6.29. The SMILES string of the molecule is CCO[C@@H]1COC2(CCN(C(=O)c3ccncc3)CC2)C1. The van der Waals surface area contributed by atoms with Crippen molar-refractivity contribution in [1.82, 2.24) is 9.88 Å². The molecular weight excluding hydrogens is 268 g/mol. The Morgan fingerprint density at radius 2 is 2.14 bits per heavy atom. The van der Waals surface area contributed by atoms with Crippen molar-refractivity contribution in [2.24, 2.45) is 0 Å². The number of nitrogens with zero attached hydrogens (tertiary/aromatic N) is 2. The number of ether oxygens (including phenoxy) is 2. The number of pyridine rings is 1. The number of amides is 1. The Balaban J connectivity index is 1.57. The molecule has 0 aromatic carbocycles. The van der Waals surface area contributed by atoms with Gasteiger partial charge in [-0.2, -0.15) is 0 Å². The molecule has 5 nitrogen and oxygen atoms in total. The fraction of sp³-hybridized carbons (Fsp3) is 0.625. The molecule has 2 saturated heterocycles. The molecule has 1 aromatic rings. The minimum atomic E-state index is -0.0745. The van der Waals surface area contributed by atoms with E-state index in [1.807, 2.05) is 11.8 Å². The van der Waals surface area contributed by atoms with Gasteiger partial charge in [0.2, 0.25) is 0 Å². The second-order valence-corrected chi connectivity index (χ2v) is 5.80. The predicted molar refractivity (Wildman–Crippen MR) is 78.1 cm³/mol. The summed E-state index contributed by atoms with van der Waals surface area (Å²) >= 11 is 0. The molecule has 1 spiro atoms. The highest BCUT2D eigenvalue weighted by molar-refractivity contribution is 5.94. The summed E-state index contributed by atoms with van der Waals surface area (Å²) in [7, 11) is 0. The van der Waals surface area contributed by atoms with Gasteiger partial charge in [-0.1, -0.05) is 0 Å². The van der Waals surface area contributed by atoms with E-state index < -0.39 is 0 Å². The third-order valence-electron chi connectivity index (χ3n) is 4.47. The molecule has 2 aliphatic rings. The number of piperidine rings is 1. The Labute approximate surface area is 125 Å². The molecule has 3 heterocycles. The van der Waals surface area contributed by atoms with E-state index in [0.29, 0.717) is 12.2 Å². The number of carbonyl (C=O) groups excluding carboxylic acids is 1. The topological polar surface area (TPSA) is 51.7 Å². The maximum Gasteiger partial charge on any atom is 0.253 e. The van der Waals surface area contributed by atoms with E-state index in [-0.39, 0.29) is 17.6 Å². The second-order valence-electron chi connectivity index (χ2n) is 5.80. The number of carbonyl (C=O) groups is 1. The van der Waals surface area contributed by atoms with Crippen LogP contribution in [0.4, 0.5) is 0 Å². The minimum absolute atomic E-state index is 0.0745. The molecular formula is C16H22N2O3. The quantitative estimate of drug-likeness (QED) is 0.853. The first-order valence-electron chi connectivity index (χ1n) is 7.67. The van der Waals surface area contributed by atoms with Crippen LogP contribution in [0, 0.1) is 0 Å². The van der Waals surface area contributed by atoms with Gasteiger partial charge in [-0.15, -0.1) is 0 Å². The molecule has 5 heteroatoms. The highest BCUT2D eigenvalue weighted by Gasteiger charge is 2.43. The van der Waals surface area contributed by atoms with Crippen LogP contribution in [-0.4, -0.2) is 53.8 Å². The fourth-order valence-corrected chi connectivity index (χ4v) is 3.29. The first-order chi connectivity index (χ1) is 10.2. The Hall–Kier alpha value is -1.46. The molecule has 2 aliphatic heterocycles. The van der Waals surface area contributed by atoms with Crippen molar-refractivity contribution in [3.05, 3.63) is 30.1 Å². The van der Waals surface area contributed by atoms with E-state index in [9.17, 15) is 4.79 Å². The summed E-state index contributed by atoms with van der Waals surface area (Å²) in [5.41, 5.74) is 0.634. The molecule has 0 bridgehead atoms. The average Bonchev–Trinajstić information content (AvgIpc) is 2.91. The Morgan fingerprint density at radius 3 is 2.81 bits per heavy atom. The van der Waals surface area contributed by atoms with E-state index in [1.165, 1.54) is 0 Å². The summed E-state index contributed by atoms with van der Waals surface area (Å²) in [5.74, 6) is 0.0894. The lowest BCUT2D eigenvalue weighted by Gasteiger charge is -2.38. The Morgan fingerprint density at radius 1 is 1.43 bits per heavy atom. The van der Waals surface area contributed by atoms with Gasteiger partial charge in [0.1, 0.15) is 0 Å². The van der Waals surface area contributed by atoms with Gasteiger partial charge in [-0.05, 0) is 31.9 Å². The molecule has 0 unspecified atom stereocenters. The molecule has 21 heavy (non-hydrogen) atoms. The zero-order valence-electron chi connectivity index (χ0n) is 12.5. The molecule has 1 aromatic heterocycles. The van der Waals surface area contributed by atoms with Crippen LogP contribution in [0.15, 0.2) is 24.5 Å². The smallest absolute Gasteiger partial charge is 0.253 e. The van der Waals surface area contributed by atoms with E-state index in [0.717, 1.165) is 39.0 Å². The largest absolute Gasteiger partial charge is 0.376 e. The second kappa shape index (κ2) is 6.12. The molecule has 1 atom stereocenters. The van der Waals surface area contributed by atoms with Crippen LogP contribution in [0.2, 0.25) is 0 Å². The van der Waals surface area contributed by atoms with Gasteiger partial charge < -0.3 is 14.4 Å². The maximum atomic E-state index is 12.4. The van der Waals surface area contributed by atoms with Crippen molar-refractivity contribution in [2.45, 2.75) is 37.9 Å². The third-order valence-corrected chi connectivity index (χ3v) is 4.47. The highest BCUT2D eigenvalue weighted by atomic mass is 16.6. The van der Waals surface area contributed by atoms with E-state index in [2.05, 4.69) is 4.98 Å². The van der Waals surface area contributed by atoms with Gasteiger partial charge in [0.05, 0.1) is 18.3 Å². The number of aromatic nitrogens is 1. The van der Waals surface area contributed by atoms with Crippen molar-refractivity contribution in [1.29, 1.82) is 0 Å². The molecule has 0 saturated carbocycles. The summed E-state index contributed by atoms with van der Waals surface area (Å²) < 4.78 is 11.7. The highest BCUT2D eigenvalue weighted by Crippen LogP contribution is 2.37. The Kier molecular flexibility index (Phi) is 4.22. The van der Waals surface area contributed by atoms with Crippen LogP contribution in [0.5, 0.6) is 0 Å². The van der Waals surface area contributed by atoms with Gasteiger partial charge in [-0.25, -0.2) is 0 Å². The first kappa shape index (κ1) is 14.5. The number of hydrogen-bond donors (Lipinski definition) is 0. The Bertz CT molecular complexity index is 484. The summed E-state index contributed by atoms with van der Waals surface area (Å²) in [5, 5.41) is 0. The van der Waals surface area contributed by atoms with E-state index in [1.54, 1.807) is 24.5 Å². The lowest BCUT2D eigenvalue weighted by Crippen LogP contribution is -2.46. The van der Waals surface area contributed by atoms with Gasteiger partial charge >= 0.3 is 0 Å². The zero-order chi connectivity index (χ0) is 14.7. The number of rotatable bonds is 3. The normalized spacial score (nSPS) is 24.4. The first-order valence-corrected chi connectivity index (χ1v) is 7.67. The fourth-order valence-electron chi connectivity index (χ4n) is 3.29. The zero-order valence-corrected chi connectivity index (χ0v) is 12.5. The third kappa shape index (κ3) is 3.09. The molecule has 2 fully saturated rings. The van der Waals surface area contributed by atoms with E-state index in [4.69, 9.17) is 9.47 Å². The summed E-state index contributed by atoms with van der Waals surface area (Å²) in [6.45, 7) is 4.93. The van der Waals surface area contributed by atoms with Gasteiger partial charge in [0.25, 0.3) is 5.91 Å². The van der Waals surface area contributed by atoms with Crippen molar-refractivity contribution in [2.75, 3.05) is 26.3 Å². The molecule has 0 radical (unpaired) electrons. The van der Waals surface area contributed by atoms with Crippen molar-refractivity contribution in [3.63, 3.8) is 0 Å². The number of likely N-dealkylation sites (tertiary alicyclic amines) is 1. The average molecular weight is 290 g/mol. The van der Waals surface area contributed by atoms with Crippen molar-refractivity contribution in [3.8, 4) is 0 Å². The van der Waals surface area contributed by atoms with Crippen LogP contribution >= 0.6 is 0 Å². The van der Waals surface area contributed by atoms with Gasteiger partial charge in [0.15, 0.2) is 0 Å². The van der Waals surface area contributed by atoms with Crippen LogP contribution in [-0.2, 0) is 9.47 Å². The summed E-state index contributed by atoms with van der Waals surface area (Å²) in [6, 6.07) is 3.54. The lowest BCUT2D eigenvalue weighted by molar-refractivity contribution is -0.0407. The predicted octanol–water partition coefficient (Wildman–Crippen LogP) is 1.88. The molecule has 0 N–H and O–H groups in total. The summed E-state index contributed by atoms with van der Waals surface area (Å²) in [4.78, 5) is 18.3. The monoisotopic (exact) mass is 290 g/mol. The van der Waals surface area contributed by atoms with Crippen LogP contribution in [0.25, 0.3) is 0 Å². The van der Waals surface area contributed by atoms with Crippen LogP contribution < -0.4 is 0 Å². The molecule has 1 amide bonds. The molecule has 0 aliphatic carbocycles. The maximum absolute atomic E-state index is 12.4. The van der Waals surface area contributed by atoms with Crippen LogP contribution in [0.1, 0.15) is 36.5 Å². The molecule has 114 valence electrons. The lowest BCUT2D eigenvalue weighted by atomic mass is 9.87. The minimum Gasteiger partial charge on any atom is -0.376 e. The van der Waals surface area contributed by atoms with Gasteiger partial charge in [0, 0.05) is 44.1 Å². The van der Waals surface area contributed by atoms with Gasteiger partial charge in [-0.3, -0.25) is 9.78 Å². The molecule has 3 rings (SSSR count). The van der Waals surface area contributed by atoms with E-state index >= 15 is 0 Å². The van der Waals surface area contributed by atoms with Crippen molar-refractivity contribution < 1.29 is 14.3 Å².